The summed E-state index contributed by atoms with van der Waals surface area (Å²) in [6.45, 7) is 6.07. The van der Waals surface area contributed by atoms with E-state index >= 15 is 0 Å². The smallest absolute Gasteiger partial charge is 0.0674 e. The SMILES string of the molecule is OCC1(NCCCN2CCOCC2)CCc2ccccc21. The molecule has 0 bridgehead atoms. The van der Waals surface area contributed by atoms with Crippen LogP contribution in [0.1, 0.15) is 24.0 Å². The van der Waals surface area contributed by atoms with Crippen LogP contribution in [0.15, 0.2) is 24.3 Å². The molecule has 2 N–H and O–H groups in total. The molecule has 0 saturated carbocycles. The fraction of sp³-hybridized carbons (Fsp3) is 0.647. The van der Waals surface area contributed by atoms with Gasteiger partial charge in [0.2, 0.25) is 0 Å². The molecule has 1 aliphatic carbocycles. The quantitative estimate of drug-likeness (QED) is 0.771. The van der Waals surface area contributed by atoms with Crippen LogP contribution in [-0.2, 0) is 16.7 Å². The van der Waals surface area contributed by atoms with Crippen LogP contribution in [0.25, 0.3) is 0 Å². The number of aliphatic hydroxyl groups is 1. The van der Waals surface area contributed by atoms with E-state index in [2.05, 4.69) is 34.5 Å². The molecule has 0 spiro atoms. The predicted octanol–water partition coefficient (Wildman–Crippen LogP) is 1.13. The van der Waals surface area contributed by atoms with Crippen molar-refractivity contribution in [3.05, 3.63) is 35.4 Å². The normalized spacial score (nSPS) is 26.0. The third-order valence-electron chi connectivity index (χ3n) is 4.84. The fourth-order valence-corrected chi connectivity index (χ4v) is 3.55. The van der Waals surface area contributed by atoms with E-state index in [1.165, 1.54) is 11.1 Å². The molecular formula is C17H26N2O2. The number of aryl methyl sites for hydroxylation is 1. The van der Waals surface area contributed by atoms with Gasteiger partial charge in [-0.2, -0.15) is 0 Å². The minimum Gasteiger partial charge on any atom is -0.394 e. The second-order valence-corrected chi connectivity index (χ2v) is 6.13. The van der Waals surface area contributed by atoms with Crippen molar-refractivity contribution in [2.75, 3.05) is 46.0 Å². The number of hydrogen-bond donors (Lipinski definition) is 2. The number of ether oxygens (including phenoxy) is 1. The van der Waals surface area contributed by atoms with Crippen LogP contribution >= 0.6 is 0 Å². The lowest BCUT2D eigenvalue weighted by Crippen LogP contribution is -2.45. The van der Waals surface area contributed by atoms with Gasteiger partial charge in [-0.3, -0.25) is 4.90 Å². The first-order valence-electron chi connectivity index (χ1n) is 8.08. The molecule has 0 amide bonds. The molecule has 1 aromatic rings. The molecule has 3 rings (SSSR count). The summed E-state index contributed by atoms with van der Waals surface area (Å²) in [6.07, 6.45) is 3.18. The lowest BCUT2D eigenvalue weighted by atomic mass is 9.92. The van der Waals surface area contributed by atoms with E-state index in [9.17, 15) is 5.11 Å². The maximum Gasteiger partial charge on any atom is 0.0674 e. The Labute approximate surface area is 127 Å². The summed E-state index contributed by atoms with van der Waals surface area (Å²) < 4.78 is 5.37. The molecule has 1 saturated heterocycles. The predicted molar refractivity (Wildman–Crippen MR) is 83.4 cm³/mol. The lowest BCUT2D eigenvalue weighted by molar-refractivity contribution is 0.0369. The third kappa shape index (κ3) is 3.29. The van der Waals surface area contributed by atoms with Crippen LogP contribution in [0.5, 0.6) is 0 Å². The number of morpholine rings is 1. The fourth-order valence-electron chi connectivity index (χ4n) is 3.55. The second kappa shape index (κ2) is 6.88. The molecule has 1 aromatic carbocycles. The molecule has 1 heterocycles. The highest BCUT2D eigenvalue weighted by molar-refractivity contribution is 5.38. The summed E-state index contributed by atoms with van der Waals surface area (Å²) in [5.74, 6) is 0. The van der Waals surface area contributed by atoms with Gasteiger partial charge in [0.25, 0.3) is 0 Å². The minimum absolute atomic E-state index is 0.182. The van der Waals surface area contributed by atoms with Gasteiger partial charge in [-0.25, -0.2) is 0 Å². The molecule has 1 unspecified atom stereocenters. The first-order chi connectivity index (χ1) is 10.3. The van der Waals surface area contributed by atoms with Gasteiger partial charge >= 0.3 is 0 Å². The molecular weight excluding hydrogens is 264 g/mol. The van der Waals surface area contributed by atoms with Crippen LogP contribution in [0.2, 0.25) is 0 Å². The number of nitrogens with one attached hydrogen (secondary N) is 1. The molecule has 21 heavy (non-hydrogen) atoms. The zero-order valence-electron chi connectivity index (χ0n) is 12.7. The molecule has 0 aromatic heterocycles. The van der Waals surface area contributed by atoms with Gasteiger partial charge in [0.1, 0.15) is 0 Å². The summed E-state index contributed by atoms with van der Waals surface area (Å²) in [5, 5.41) is 13.6. The summed E-state index contributed by atoms with van der Waals surface area (Å²) in [7, 11) is 0. The lowest BCUT2D eigenvalue weighted by Gasteiger charge is -2.31. The van der Waals surface area contributed by atoms with E-state index in [1.54, 1.807) is 0 Å². The van der Waals surface area contributed by atoms with Crippen LogP contribution in [-0.4, -0.2) is 56.0 Å². The minimum atomic E-state index is -0.221. The van der Waals surface area contributed by atoms with Gasteiger partial charge in [-0.1, -0.05) is 24.3 Å². The molecule has 1 aliphatic heterocycles. The Hall–Kier alpha value is -0.940. The van der Waals surface area contributed by atoms with Crippen molar-refractivity contribution in [1.29, 1.82) is 0 Å². The van der Waals surface area contributed by atoms with Crippen molar-refractivity contribution in [2.45, 2.75) is 24.8 Å². The van der Waals surface area contributed by atoms with Crippen molar-refractivity contribution < 1.29 is 9.84 Å². The van der Waals surface area contributed by atoms with E-state index in [1.807, 2.05) is 0 Å². The molecule has 0 radical (unpaired) electrons. The Balaban J connectivity index is 1.51. The largest absolute Gasteiger partial charge is 0.394 e. The molecule has 4 nitrogen and oxygen atoms in total. The van der Waals surface area contributed by atoms with E-state index in [-0.39, 0.29) is 12.1 Å². The standard InChI is InChI=1S/C17H26N2O2/c20-14-17(7-6-15-4-1-2-5-16(15)17)18-8-3-9-19-10-12-21-13-11-19/h1-2,4-5,18,20H,3,6-14H2. The zero-order chi connectivity index (χ0) is 14.5. The summed E-state index contributed by atoms with van der Waals surface area (Å²) in [5.41, 5.74) is 2.45. The van der Waals surface area contributed by atoms with Crippen LogP contribution in [0, 0.1) is 0 Å². The topological polar surface area (TPSA) is 44.7 Å². The highest BCUT2D eigenvalue weighted by Crippen LogP contribution is 2.36. The number of benzene rings is 1. The van der Waals surface area contributed by atoms with Gasteiger partial charge in [0, 0.05) is 13.1 Å². The monoisotopic (exact) mass is 290 g/mol. The number of fused-ring (bicyclic) bond motifs is 1. The highest BCUT2D eigenvalue weighted by Gasteiger charge is 2.37. The van der Waals surface area contributed by atoms with Crippen molar-refractivity contribution in [1.82, 2.24) is 10.2 Å². The average molecular weight is 290 g/mol. The van der Waals surface area contributed by atoms with E-state index in [0.717, 1.165) is 58.7 Å². The van der Waals surface area contributed by atoms with Crippen molar-refractivity contribution in [2.24, 2.45) is 0 Å². The molecule has 2 aliphatic rings. The van der Waals surface area contributed by atoms with Crippen molar-refractivity contribution in [3.63, 3.8) is 0 Å². The first kappa shape index (κ1) is 15.0. The van der Waals surface area contributed by atoms with Gasteiger partial charge in [0.15, 0.2) is 0 Å². The highest BCUT2D eigenvalue weighted by atomic mass is 16.5. The first-order valence-corrected chi connectivity index (χ1v) is 8.08. The maximum absolute atomic E-state index is 9.92. The van der Waals surface area contributed by atoms with Crippen molar-refractivity contribution in [3.8, 4) is 0 Å². The van der Waals surface area contributed by atoms with E-state index < -0.39 is 0 Å². The number of nitrogens with zero attached hydrogens (tertiary/aromatic N) is 1. The molecule has 116 valence electrons. The van der Waals surface area contributed by atoms with Gasteiger partial charge in [-0.15, -0.1) is 0 Å². The Morgan fingerprint density at radius 1 is 1.24 bits per heavy atom. The second-order valence-electron chi connectivity index (χ2n) is 6.13. The van der Waals surface area contributed by atoms with Gasteiger partial charge in [-0.05, 0) is 43.5 Å². The van der Waals surface area contributed by atoms with E-state index in [0.29, 0.717) is 0 Å². The maximum atomic E-state index is 9.92. The van der Waals surface area contributed by atoms with Crippen LogP contribution in [0.4, 0.5) is 0 Å². The Bertz CT molecular complexity index is 460. The molecule has 4 heteroatoms. The number of hydrogen-bond acceptors (Lipinski definition) is 4. The number of aliphatic hydroxyl groups excluding tert-OH is 1. The summed E-state index contributed by atoms with van der Waals surface area (Å²) >= 11 is 0. The summed E-state index contributed by atoms with van der Waals surface area (Å²) in [6, 6.07) is 8.50. The summed E-state index contributed by atoms with van der Waals surface area (Å²) in [4.78, 5) is 2.46. The molecule has 1 atom stereocenters. The average Bonchev–Trinajstić information content (AvgIpc) is 2.92. The van der Waals surface area contributed by atoms with Crippen molar-refractivity contribution >= 4 is 0 Å². The Morgan fingerprint density at radius 2 is 2.05 bits per heavy atom. The van der Waals surface area contributed by atoms with E-state index in [4.69, 9.17) is 4.74 Å². The molecule has 1 fully saturated rings. The number of rotatable bonds is 6. The van der Waals surface area contributed by atoms with Crippen LogP contribution in [0.3, 0.4) is 0 Å². The van der Waals surface area contributed by atoms with Crippen LogP contribution < -0.4 is 5.32 Å². The Kier molecular flexibility index (Phi) is 4.91. The van der Waals surface area contributed by atoms with Gasteiger partial charge in [0.05, 0.1) is 25.4 Å². The van der Waals surface area contributed by atoms with Gasteiger partial charge < -0.3 is 15.2 Å². The third-order valence-corrected chi connectivity index (χ3v) is 4.84. The zero-order valence-corrected chi connectivity index (χ0v) is 12.7. The Morgan fingerprint density at radius 3 is 2.86 bits per heavy atom.